The number of carbonyl (C=O) groups excluding carboxylic acids is 1. The highest BCUT2D eigenvalue weighted by Crippen LogP contribution is 2.22. The molecule has 0 saturated heterocycles. The molecule has 4 nitrogen and oxygen atoms in total. The molecule has 0 saturated carbocycles. The number of aromatic nitrogens is 1. The minimum absolute atomic E-state index is 0.161. The van der Waals surface area contributed by atoms with E-state index in [4.69, 9.17) is 0 Å². The Kier molecular flexibility index (Phi) is 3.71. The summed E-state index contributed by atoms with van der Waals surface area (Å²) in [5.74, 6) is -0.161. The molecule has 0 unspecified atom stereocenters. The number of anilines is 1. The van der Waals surface area contributed by atoms with E-state index in [1.54, 1.807) is 13.2 Å². The lowest BCUT2D eigenvalue weighted by atomic mass is 10.2. The third-order valence-corrected chi connectivity index (χ3v) is 3.95. The fourth-order valence-electron chi connectivity index (χ4n) is 2.00. The molecule has 0 bridgehead atoms. The largest absolute Gasteiger partial charge is 0.317 e. The second-order valence-electron chi connectivity index (χ2n) is 4.47. The summed E-state index contributed by atoms with van der Waals surface area (Å²) < 4.78 is 2.26. The molecule has 1 aliphatic rings. The van der Waals surface area contributed by atoms with E-state index in [1.165, 1.54) is 4.57 Å². The van der Waals surface area contributed by atoms with Gasteiger partial charge in [0.15, 0.2) is 0 Å². The van der Waals surface area contributed by atoms with Crippen molar-refractivity contribution in [1.29, 1.82) is 0 Å². The number of nitrogens with zero attached hydrogens (tertiary/aromatic N) is 1. The van der Waals surface area contributed by atoms with E-state index in [9.17, 15) is 9.59 Å². The number of amides is 1. The van der Waals surface area contributed by atoms with Crippen LogP contribution in [0.3, 0.4) is 0 Å². The van der Waals surface area contributed by atoms with E-state index in [2.05, 4.69) is 21.2 Å². The summed E-state index contributed by atoms with van der Waals surface area (Å²) in [6.45, 7) is 1.81. The first-order chi connectivity index (χ1) is 8.50. The molecule has 1 aliphatic carbocycles. The molecule has 0 aromatic carbocycles. The average Bonchev–Trinajstić information content (AvgIpc) is 2.85. The van der Waals surface area contributed by atoms with Crippen molar-refractivity contribution in [2.24, 2.45) is 7.05 Å². The molecule has 1 N–H and O–H groups in total. The van der Waals surface area contributed by atoms with Gasteiger partial charge in [0.05, 0.1) is 0 Å². The summed E-state index contributed by atoms with van der Waals surface area (Å²) in [6, 6.07) is 0. The van der Waals surface area contributed by atoms with Crippen molar-refractivity contribution in [2.45, 2.75) is 26.2 Å². The first-order valence-corrected chi connectivity index (χ1v) is 6.66. The number of pyridine rings is 1. The van der Waals surface area contributed by atoms with Crippen LogP contribution < -0.4 is 10.9 Å². The van der Waals surface area contributed by atoms with E-state index in [0.29, 0.717) is 5.69 Å². The summed E-state index contributed by atoms with van der Waals surface area (Å²) in [6.07, 6.45) is 6.38. The number of allylic oxidation sites excluding steroid dienone is 1. The number of carbonyl (C=O) groups is 1. The van der Waals surface area contributed by atoms with Crippen LogP contribution in [0.2, 0.25) is 0 Å². The van der Waals surface area contributed by atoms with Gasteiger partial charge in [0.2, 0.25) is 0 Å². The first-order valence-electron chi connectivity index (χ1n) is 5.87. The Hall–Kier alpha value is -1.36. The minimum Gasteiger partial charge on any atom is -0.317 e. The molecule has 1 amide bonds. The number of rotatable bonds is 2. The van der Waals surface area contributed by atoms with Crippen molar-refractivity contribution in [3.05, 3.63) is 38.2 Å². The molecule has 0 aliphatic heterocycles. The van der Waals surface area contributed by atoms with Gasteiger partial charge in [-0.05, 0) is 47.7 Å². The predicted octanol–water partition coefficient (Wildman–Crippen LogP) is 2.51. The monoisotopic (exact) mass is 310 g/mol. The molecule has 2 rings (SSSR count). The summed E-state index contributed by atoms with van der Waals surface area (Å²) in [5.41, 5.74) is 1.69. The third kappa shape index (κ3) is 2.41. The molecular weight excluding hydrogens is 296 g/mol. The number of nitrogens with one attached hydrogen (secondary N) is 1. The summed E-state index contributed by atoms with van der Waals surface area (Å²) in [5, 5.41) is 2.73. The molecule has 18 heavy (non-hydrogen) atoms. The highest BCUT2D eigenvalue weighted by molar-refractivity contribution is 9.10. The van der Waals surface area contributed by atoms with E-state index in [0.717, 1.165) is 34.9 Å². The summed E-state index contributed by atoms with van der Waals surface area (Å²) >= 11 is 3.38. The van der Waals surface area contributed by atoms with Crippen LogP contribution in [-0.4, -0.2) is 10.5 Å². The summed E-state index contributed by atoms with van der Waals surface area (Å²) in [4.78, 5) is 24.0. The lowest BCUT2D eigenvalue weighted by molar-refractivity contribution is -0.112. The number of hydrogen-bond donors (Lipinski definition) is 1. The molecule has 1 aromatic heterocycles. The van der Waals surface area contributed by atoms with Gasteiger partial charge in [0, 0.05) is 23.3 Å². The second kappa shape index (κ2) is 5.10. The Morgan fingerprint density at radius 2 is 2.22 bits per heavy atom. The van der Waals surface area contributed by atoms with Gasteiger partial charge in [-0.25, -0.2) is 0 Å². The van der Waals surface area contributed by atoms with Crippen LogP contribution in [0.4, 0.5) is 5.69 Å². The minimum atomic E-state index is -0.192. The maximum atomic E-state index is 12.0. The van der Waals surface area contributed by atoms with Crippen LogP contribution in [-0.2, 0) is 11.8 Å². The fraction of sp³-hybridized carbons (Fsp3) is 0.385. The zero-order valence-corrected chi connectivity index (χ0v) is 12.0. The molecule has 0 atom stereocenters. The molecule has 0 fully saturated rings. The Morgan fingerprint density at radius 1 is 1.50 bits per heavy atom. The zero-order valence-electron chi connectivity index (χ0n) is 10.4. The first kappa shape index (κ1) is 13.1. The maximum absolute atomic E-state index is 12.0. The maximum Gasteiger partial charge on any atom is 0.274 e. The molecule has 1 aromatic rings. The van der Waals surface area contributed by atoms with Crippen LogP contribution in [0.5, 0.6) is 0 Å². The molecule has 5 heteroatoms. The van der Waals surface area contributed by atoms with Crippen molar-refractivity contribution in [3.63, 3.8) is 0 Å². The van der Waals surface area contributed by atoms with Gasteiger partial charge in [-0.2, -0.15) is 0 Å². The number of aryl methyl sites for hydroxylation is 1. The van der Waals surface area contributed by atoms with Gasteiger partial charge in [-0.3, -0.25) is 9.59 Å². The molecule has 1 heterocycles. The van der Waals surface area contributed by atoms with Crippen LogP contribution in [0, 0.1) is 6.92 Å². The van der Waals surface area contributed by atoms with Crippen LogP contribution in [0.25, 0.3) is 0 Å². The predicted molar refractivity (Wildman–Crippen MR) is 74.7 cm³/mol. The summed E-state index contributed by atoms with van der Waals surface area (Å²) in [7, 11) is 1.66. The topological polar surface area (TPSA) is 51.1 Å². The lowest BCUT2D eigenvalue weighted by Gasteiger charge is -2.11. The third-order valence-electron chi connectivity index (χ3n) is 3.15. The smallest absolute Gasteiger partial charge is 0.274 e. The van der Waals surface area contributed by atoms with Crippen molar-refractivity contribution in [1.82, 2.24) is 4.57 Å². The van der Waals surface area contributed by atoms with E-state index in [-0.39, 0.29) is 11.5 Å². The van der Waals surface area contributed by atoms with Crippen LogP contribution in [0.15, 0.2) is 27.1 Å². The van der Waals surface area contributed by atoms with Crippen LogP contribution in [0.1, 0.15) is 24.8 Å². The standard InChI is InChI=1S/C13H15BrN2O2/c1-8-10(14)7-16(2)13(18)11(8)15-12(17)9-5-3-4-6-9/h5,7H,3-4,6H2,1-2H3,(H,15,17). The molecule has 0 radical (unpaired) electrons. The molecular formula is C13H15BrN2O2. The van der Waals surface area contributed by atoms with Crippen molar-refractivity contribution < 1.29 is 4.79 Å². The highest BCUT2D eigenvalue weighted by atomic mass is 79.9. The normalized spacial score (nSPS) is 14.5. The number of hydrogen-bond acceptors (Lipinski definition) is 2. The Morgan fingerprint density at radius 3 is 2.83 bits per heavy atom. The van der Waals surface area contributed by atoms with Crippen LogP contribution >= 0.6 is 15.9 Å². The number of halogens is 1. The van der Waals surface area contributed by atoms with E-state index in [1.807, 2.05) is 13.0 Å². The lowest BCUT2D eigenvalue weighted by Crippen LogP contribution is -2.26. The van der Waals surface area contributed by atoms with E-state index >= 15 is 0 Å². The molecule has 0 spiro atoms. The Balaban J connectivity index is 2.34. The van der Waals surface area contributed by atoms with Gasteiger partial charge < -0.3 is 9.88 Å². The Bertz CT molecular complexity index is 587. The highest BCUT2D eigenvalue weighted by Gasteiger charge is 2.17. The second-order valence-corrected chi connectivity index (χ2v) is 5.32. The van der Waals surface area contributed by atoms with Gasteiger partial charge in [0.1, 0.15) is 5.69 Å². The zero-order chi connectivity index (χ0) is 13.3. The van der Waals surface area contributed by atoms with Crippen molar-refractivity contribution in [3.8, 4) is 0 Å². The van der Waals surface area contributed by atoms with Gasteiger partial charge in [-0.15, -0.1) is 0 Å². The van der Waals surface area contributed by atoms with Gasteiger partial charge >= 0.3 is 0 Å². The quantitative estimate of drug-likeness (QED) is 0.912. The van der Waals surface area contributed by atoms with E-state index < -0.39 is 0 Å². The Labute approximate surface area is 114 Å². The van der Waals surface area contributed by atoms with Crippen molar-refractivity contribution in [2.75, 3.05) is 5.32 Å². The fourth-order valence-corrected chi connectivity index (χ4v) is 2.51. The molecule has 96 valence electrons. The van der Waals surface area contributed by atoms with Gasteiger partial charge in [-0.1, -0.05) is 6.08 Å². The van der Waals surface area contributed by atoms with Gasteiger partial charge in [0.25, 0.3) is 11.5 Å². The van der Waals surface area contributed by atoms with Crippen molar-refractivity contribution >= 4 is 27.5 Å². The SMILES string of the molecule is Cc1c(Br)cn(C)c(=O)c1NC(=O)C1=CCCC1. The average molecular weight is 311 g/mol.